The van der Waals surface area contributed by atoms with Crippen molar-refractivity contribution in [1.82, 2.24) is 44.0 Å². The second kappa shape index (κ2) is 16.7. The summed E-state index contributed by atoms with van der Waals surface area (Å²) in [6, 6.07) is 19.4. The van der Waals surface area contributed by atoms with E-state index in [9.17, 15) is 14.7 Å². The number of benzene rings is 3. The molecule has 3 aromatic carbocycles. The van der Waals surface area contributed by atoms with Crippen molar-refractivity contribution in [3.05, 3.63) is 105 Å². The molecule has 55 heavy (non-hydrogen) atoms. The number of carbonyl (C=O) groups is 1. The van der Waals surface area contributed by atoms with Crippen molar-refractivity contribution in [2.24, 2.45) is 0 Å². The lowest BCUT2D eigenvalue weighted by molar-refractivity contribution is -0.130. The van der Waals surface area contributed by atoms with Crippen molar-refractivity contribution in [2.45, 2.75) is 32.4 Å². The standard InChI is InChI=1S/C41H43ClN10O3/c1-48-19-22-50(23-20-48)24-21-49(2)35(54)14-5-3-4-9-28-11-8-13-33-36(28)41(55)51(25-30-10-6-7-12-32(30)42)34(46-33)26-52-40-37(39(43)44-27-45-40)38(47-52)29-15-17-31(53)18-16-29/h6-8,10-13,15-18,27,53H,3,5,14,19-26H2,1-2H3,(H2,43,44,45). The zero-order valence-electron chi connectivity index (χ0n) is 31.0. The van der Waals surface area contributed by atoms with E-state index in [-0.39, 0.29) is 36.1 Å². The molecule has 282 valence electrons. The third kappa shape index (κ3) is 8.47. The van der Waals surface area contributed by atoms with Crippen LogP contribution in [0.1, 0.15) is 36.2 Å². The number of amides is 1. The molecular formula is C41H43ClN10O3. The molecule has 0 atom stereocenters. The molecule has 1 aliphatic heterocycles. The highest BCUT2D eigenvalue weighted by atomic mass is 35.5. The van der Waals surface area contributed by atoms with E-state index in [4.69, 9.17) is 27.4 Å². The van der Waals surface area contributed by atoms with Gasteiger partial charge in [-0.2, -0.15) is 5.10 Å². The Morgan fingerprint density at radius 3 is 2.55 bits per heavy atom. The summed E-state index contributed by atoms with van der Waals surface area (Å²) in [5.74, 6) is 7.30. The average Bonchev–Trinajstić information content (AvgIpc) is 3.55. The summed E-state index contributed by atoms with van der Waals surface area (Å²) in [4.78, 5) is 47.6. The molecule has 7 rings (SSSR count). The molecule has 4 heterocycles. The Balaban J connectivity index is 1.16. The van der Waals surface area contributed by atoms with Gasteiger partial charge in [-0.15, -0.1) is 0 Å². The minimum absolute atomic E-state index is 0.0778. The molecule has 0 saturated carbocycles. The number of nitrogens with two attached hydrogens (primary N) is 1. The van der Waals surface area contributed by atoms with Gasteiger partial charge in [0.05, 0.1) is 22.8 Å². The number of nitrogen functional groups attached to an aromatic ring is 1. The van der Waals surface area contributed by atoms with Gasteiger partial charge in [-0.25, -0.2) is 19.6 Å². The van der Waals surface area contributed by atoms with Crippen molar-refractivity contribution in [3.8, 4) is 28.8 Å². The van der Waals surface area contributed by atoms with E-state index in [0.717, 1.165) is 38.3 Å². The summed E-state index contributed by atoms with van der Waals surface area (Å²) in [6.07, 6.45) is 2.91. The molecule has 0 bridgehead atoms. The van der Waals surface area contributed by atoms with E-state index in [0.29, 0.717) is 75.4 Å². The molecule has 0 radical (unpaired) electrons. The second-order valence-corrected chi connectivity index (χ2v) is 14.2. The summed E-state index contributed by atoms with van der Waals surface area (Å²) >= 11 is 6.61. The molecule has 1 aliphatic rings. The quantitative estimate of drug-likeness (QED) is 0.143. The third-order valence-electron chi connectivity index (χ3n) is 10.0. The van der Waals surface area contributed by atoms with Crippen molar-refractivity contribution in [2.75, 3.05) is 59.1 Å². The Morgan fingerprint density at radius 2 is 1.76 bits per heavy atom. The number of phenolic OH excluding ortho intramolecular Hbond substituents is 1. The van der Waals surface area contributed by atoms with Gasteiger partial charge >= 0.3 is 0 Å². The van der Waals surface area contributed by atoms with Crippen LogP contribution >= 0.6 is 11.6 Å². The number of nitrogens with zero attached hydrogens (tertiary/aromatic N) is 9. The van der Waals surface area contributed by atoms with Gasteiger partial charge in [0.15, 0.2) is 5.65 Å². The van der Waals surface area contributed by atoms with Gasteiger partial charge in [0, 0.05) is 75.3 Å². The first-order valence-electron chi connectivity index (χ1n) is 18.3. The van der Waals surface area contributed by atoms with Crippen molar-refractivity contribution in [3.63, 3.8) is 0 Å². The van der Waals surface area contributed by atoms with E-state index in [2.05, 4.69) is 38.7 Å². The highest BCUT2D eigenvalue weighted by Gasteiger charge is 2.21. The number of fused-ring (bicyclic) bond motifs is 2. The Labute approximate surface area is 324 Å². The molecule has 0 aliphatic carbocycles. The van der Waals surface area contributed by atoms with E-state index in [1.165, 1.54) is 6.33 Å². The molecule has 0 spiro atoms. The van der Waals surface area contributed by atoms with Crippen molar-refractivity contribution >= 4 is 45.3 Å². The number of unbranched alkanes of at least 4 members (excludes halogenated alkanes) is 1. The Bertz CT molecular complexity index is 2460. The van der Waals surface area contributed by atoms with Gasteiger partial charge < -0.3 is 20.6 Å². The van der Waals surface area contributed by atoms with Crippen LogP contribution < -0.4 is 11.3 Å². The number of likely N-dealkylation sites (N-methyl/N-ethyl adjacent to an activating group) is 2. The first kappa shape index (κ1) is 37.5. The number of hydrogen-bond acceptors (Lipinski definition) is 10. The lowest BCUT2D eigenvalue weighted by Crippen LogP contribution is -2.47. The van der Waals surface area contributed by atoms with Gasteiger partial charge in [0.2, 0.25) is 5.91 Å². The average molecular weight is 759 g/mol. The predicted molar refractivity (Wildman–Crippen MR) is 215 cm³/mol. The molecule has 6 aromatic rings. The largest absolute Gasteiger partial charge is 0.508 e. The highest BCUT2D eigenvalue weighted by Crippen LogP contribution is 2.31. The molecule has 0 unspecified atom stereocenters. The molecule has 3 aromatic heterocycles. The zero-order chi connectivity index (χ0) is 38.5. The van der Waals surface area contributed by atoms with Crippen molar-refractivity contribution in [1.29, 1.82) is 0 Å². The minimum atomic E-state index is -0.272. The highest BCUT2D eigenvalue weighted by molar-refractivity contribution is 6.31. The molecular weight excluding hydrogens is 716 g/mol. The zero-order valence-corrected chi connectivity index (χ0v) is 31.7. The number of hydrogen-bond donors (Lipinski definition) is 2. The Kier molecular flexibility index (Phi) is 11.4. The Morgan fingerprint density at radius 1 is 0.982 bits per heavy atom. The van der Waals surface area contributed by atoms with Crippen LogP contribution in [-0.4, -0.2) is 108 Å². The third-order valence-corrected chi connectivity index (χ3v) is 10.4. The number of halogens is 1. The van der Waals surface area contributed by atoms with Gasteiger partial charge in [0.25, 0.3) is 5.56 Å². The smallest absolute Gasteiger partial charge is 0.263 e. The van der Waals surface area contributed by atoms with Gasteiger partial charge in [-0.3, -0.25) is 19.1 Å². The van der Waals surface area contributed by atoms with Crippen LogP contribution in [0.15, 0.2) is 77.9 Å². The van der Waals surface area contributed by atoms with Crippen LogP contribution in [0.5, 0.6) is 5.75 Å². The summed E-state index contributed by atoms with van der Waals surface area (Å²) in [7, 11) is 4.00. The Hall–Kier alpha value is -5.81. The lowest BCUT2D eigenvalue weighted by atomic mass is 10.1. The maximum Gasteiger partial charge on any atom is 0.263 e. The monoisotopic (exact) mass is 758 g/mol. The number of aromatic hydroxyl groups is 1. The fourth-order valence-electron chi connectivity index (χ4n) is 6.75. The first-order chi connectivity index (χ1) is 26.7. The fourth-order valence-corrected chi connectivity index (χ4v) is 6.95. The number of anilines is 1. The second-order valence-electron chi connectivity index (χ2n) is 13.8. The first-order valence-corrected chi connectivity index (χ1v) is 18.7. The van der Waals surface area contributed by atoms with E-state index in [1.807, 2.05) is 42.3 Å². The summed E-state index contributed by atoms with van der Waals surface area (Å²) in [5.41, 5.74) is 9.59. The molecule has 3 N–H and O–H groups in total. The molecule has 1 fully saturated rings. The van der Waals surface area contributed by atoms with Gasteiger partial charge in [-0.05, 0) is 61.5 Å². The van der Waals surface area contributed by atoms with Gasteiger partial charge in [-0.1, -0.05) is 47.7 Å². The van der Waals surface area contributed by atoms with E-state index >= 15 is 0 Å². The van der Waals surface area contributed by atoms with Gasteiger partial charge in [0.1, 0.15) is 36.0 Å². The van der Waals surface area contributed by atoms with Crippen molar-refractivity contribution < 1.29 is 9.90 Å². The molecule has 13 nitrogen and oxygen atoms in total. The van der Waals surface area contributed by atoms with Crippen LogP contribution in [0.2, 0.25) is 5.02 Å². The molecule has 1 saturated heterocycles. The fraction of sp³-hybridized carbons (Fsp3) is 0.317. The van der Waals surface area contributed by atoms with Crippen LogP contribution in [0.3, 0.4) is 0 Å². The normalized spacial score (nSPS) is 13.6. The molecule has 1 amide bonds. The van der Waals surface area contributed by atoms with E-state index in [1.54, 1.807) is 45.6 Å². The van der Waals surface area contributed by atoms with Crippen LogP contribution in [-0.2, 0) is 17.9 Å². The number of phenols is 1. The summed E-state index contributed by atoms with van der Waals surface area (Å²) < 4.78 is 3.25. The number of piperazine rings is 1. The maximum absolute atomic E-state index is 14.6. The summed E-state index contributed by atoms with van der Waals surface area (Å²) in [5, 5.41) is 16.2. The van der Waals surface area contributed by atoms with Crippen LogP contribution in [0.25, 0.3) is 33.2 Å². The number of carbonyl (C=O) groups excluding carboxylic acids is 1. The SMILES string of the molecule is CN1CCN(CCN(C)C(=O)CCCC#Cc2cccc3nc(Cn4nc(-c5ccc(O)cc5)c5c(N)ncnc54)n(Cc4ccccc4Cl)c(=O)c23)CC1. The van der Waals surface area contributed by atoms with Crippen LogP contribution in [0.4, 0.5) is 5.82 Å². The van der Waals surface area contributed by atoms with Crippen LogP contribution in [0, 0.1) is 11.8 Å². The van der Waals surface area contributed by atoms with E-state index < -0.39 is 0 Å². The lowest BCUT2D eigenvalue weighted by Gasteiger charge is -2.33. The minimum Gasteiger partial charge on any atom is -0.508 e. The number of rotatable bonds is 11. The topological polar surface area (TPSA) is 152 Å². The number of aromatic nitrogens is 6. The maximum atomic E-state index is 14.6. The predicted octanol–water partition coefficient (Wildman–Crippen LogP) is 4.47. The summed E-state index contributed by atoms with van der Waals surface area (Å²) in [6.45, 7) is 5.98. The molecule has 14 heteroatoms.